The third-order valence-corrected chi connectivity index (χ3v) is 4.88. The van der Waals surface area contributed by atoms with Gasteiger partial charge < -0.3 is 20.2 Å². The van der Waals surface area contributed by atoms with Gasteiger partial charge in [-0.05, 0) is 56.8 Å². The second-order valence-electron chi connectivity index (χ2n) is 6.87. The van der Waals surface area contributed by atoms with Gasteiger partial charge in [0, 0.05) is 26.2 Å². The minimum atomic E-state index is -0.182. The van der Waals surface area contributed by atoms with Crippen molar-refractivity contribution in [2.24, 2.45) is 0 Å². The van der Waals surface area contributed by atoms with Crippen molar-refractivity contribution in [3.63, 3.8) is 0 Å². The molecule has 0 aromatic heterocycles. The van der Waals surface area contributed by atoms with Gasteiger partial charge in [-0.2, -0.15) is 0 Å². The van der Waals surface area contributed by atoms with Gasteiger partial charge in [0.05, 0.1) is 6.10 Å². The predicted molar refractivity (Wildman–Crippen MR) is 102 cm³/mol. The van der Waals surface area contributed by atoms with Gasteiger partial charge in [0.25, 0.3) is 0 Å². The van der Waals surface area contributed by atoms with Gasteiger partial charge in [0.1, 0.15) is 0 Å². The van der Waals surface area contributed by atoms with Gasteiger partial charge >= 0.3 is 6.03 Å². The van der Waals surface area contributed by atoms with Gasteiger partial charge in [-0.1, -0.05) is 31.2 Å². The molecular weight excluding hydrogens is 314 g/mol. The highest BCUT2D eigenvalue weighted by Crippen LogP contribution is 2.10. The molecule has 1 aliphatic heterocycles. The number of amides is 2. The molecule has 5 nitrogen and oxygen atoms in total. The lowest BCUT2D eigenvalue weighted by molar-refractivity contribution is 0.0702. The molecule has 1 unspecified atom stereocenters. The summed E-state index contributed by atoms with van der Waals surface area (Å²) in [5.74, 6) is 0. The zero-order valence-corrected chi connectivity index (χ0v) is 15.7. The van der Waals surface area contributed by atoms with Crippen LogP contribution < -0.4 is 5.32 Å². The second-order valence-corrected chi connectivity index (χ2v) is 6.87. The molecule has 1 aromatic carbocycles. The van der Waals surface area contributed by atoms with Gasteiger partial charge in [0.15, 0.2) is 0 Å². The number of rotatable bonds is 8. The zero-order chi connectivity index (χ0) is 18.1. The van der Waals surface area contributed by atoms with E-state index < -0.39 is 0 Å². The monoisotopic (exact) mass is 347 g/mol. The predicted octanol–water partition coefficient (Wildman–Crippen LogP) is 2.63. The minimum absolute atomic E-state index is 0.000692. The molecule has 0 radical (unpaired) electrons. The van der Waals surface area contributed by atoms with Crippen molar-refractivity contribution >= 4 is 6.03 Å². The first-order valence-corrected chi connectivity index (χ1v) is 9.63. The summed E-state index contributed by atoms with van der Waals surface area (Å²) in [6, 6.07) is 8.48. The number of hydrogen-bond acceptors (Lipinski definition) is 3. The highest BCUT2D eigenvalue weighted by atomic mass is 16.3. The number of urea groups is 1. The Morgan fingerprint density at radius 2 is 2.00 bits per heavy atom. The molecule has 0 saturated carbocycles. The van der Waals surface area contributed by atoms with Gasteiger partial charge in [0.2, 0.25) is 0 Å². The SMILES string of the molecule is CCc1ccc(CN(CC)C(=O)NCCCN2CCCC(O)C2)cc1. The maximum Gasteiger partial charge on any atom is 0.317 e. The Morgan fingerprint density at radius 1 is 1.28 bits per heavy atom. The van der Waals surface area contributed by atoms with Crippen LogP contribution in [-0.2, 0) is 13.0 Å². The van der Waals surface area contributed by atoms with Crippen LogP contribution in [-0.4, -0.2) is 59.8 Å². The number of nitrogens with zero attached hydrogens (tertiary/aromatic N) is 2. The first-order chi connectivity index (χ1) is 12.1. The molecule has 0 aliphatic carbocycles. The van der Waals surface area contributed by atoms with Crippen LogP contribution in [0.3, 0.4) is 0 Å². The van der Waals surface area contributed by atoms with Crippen LogP contribution in [0.1, 0.15) is 44.2 Å². The van der Waals surface area contributed by atoms with Gasteiger partial charge in [-0.15, -0.1) is 0 Å². The number of hydrogen-bond donors (Lipinski definition) is 2. The lowest BCUT2D eigenvalue weighted by atomic mass is 10.1. The van der Waals surface area contributed by atoms with Crippen molar-refractivity contribution in [3.8, 4) is 0 Å². The Hall–Kier alpha value is -1.59. The summed E-state index contributed by atoms with van der Waals surface area (Å²) >= 11 is 0. The molecule has 2 N–H and O–H groups in total. The number of piperidine rings is 1. The molecule has 2 amide bonds. The van der Waals surface area contributed by atoms with Crippen molar-refractivity contribution < 1.29 is 9.90 Å². The number of likely N-dealkylation sites (tertiary alicyclic amines) is 1. The standard InChI is InChI=1S/C20H33N3O2/c1-3-17-8-10-18(11-9-17)15-23(4-2)20(25)21-12-6-14-22-13-5-7-19(24)16-22/h8-11,19,24H,3-7,12-16H2,1-2H3,(H,21,25). The number of aliphatic hydroxyl groups excluding tert-OH is 1. The minimum Gasteiger partial charge on any atom is -0.392 e. The Balaban J connectivity index is 1.70. The maximum absolute atomic E-state index is 12.4. The maximum atomic E-state index is 12.4. The smallest absolute Gasteiger partial charge is 0.317 e. The van der Waals surface area contributed by atoms with Crippen molar-refractivity contribution in [3.05, 3.63) is 35.4 Å². The molecule has 25 heavy (non-hydrogen) atoms. The molecule has 1 saturated heterocycles. The highest BCUT2D eigenvalue weighted by molar-refractivity contribution is 5.74. The summed E-state index contributed by atoms with van der Waals surface area (Å²) in [7, 11) is 0. The Morgan fingerprint density at radius 3 is 2.64 bits per heavy atom. The molecule has 1 heterocycles. The fourth-order valence-corrected chi connectivity index (χ4v) is 3.27. The highest BCUT2D eigenvalue weighted by Gasteiger charge is 2.17. The molecular formula is C20H33N3O2. The van der Waals surface area contributed by atoms with E-state index in [-0.39, 0.29) is 12.1 Å². The normalized spacial score (nSPS) is 18.1. The largest absolute Gasteiger partial charge is 0.392 e. The number of carbonyl (C=O) groups is 1. The van der Waals surface area contributed by atoms with Crippen LogP contribution in [0.2, 0.25) is 0 Å². The Labute approximate surface area is 152 Å². The third kappa shape index (κ3) is 6.67. The van der Waals surface area contributed by atoms with Gasteiger partial charge in [-0.3, -0.25) is 0 Å². The summed E-state index contributed by atoms with van der Waals surface area (Å²) in [5.41, 5.74) is 2.48. The molecule has 5 heteroatoms. The first-order valence-electron chi connectivity index (χ1n) is 9.63. The van der Waals surface area contributed by atoms with Crippen LogP contribution >= 0.6 is 0 Å². The average molecular weight is 348 g/mol. The number of β-amino-alcohol motifs (C(OH)–C–C–N with tert-alkyl or cyclic N) is 1. The van der Waals surface area contributed by atoms with E-state index in [1.165, 1.54) is 5.56 Å². The summed E-state index contributed by atoms with van der Waals surface area (Å²) in [5, 5.41) is 12.7. The molecule has 1 atom stereocenters. The number of nitrogens with one attached hydrogen (secondary N) is 1. The lowest BCUT2D eigenvalue weighted by Gasteiger charge is -2.30. The van der Waals surface area contributed by atoms with E-state index in [0.29, 0.717) is 19.6 Å². The van der Waals surface area contributed by atoms with Crippen LogP contribution in [0.4, 0.5) is 4.79 Å². The average Bonchev–Trinajstić information content (AvgIpc) is 2.63. The van der Waals surface area contributed by atoms with E-state index in [1.54, 1.807) is 0 Å². The fourth-order valence-electron chi connectivity index (χ4n) is 3.27. The van der Waals surface area contributed by atoms with Crippen LogP contribution in [0.15, 0.2) is 24.3 Å². The second kappa shape index (κ2) is 10.4. The van der Waals surface area contributed by atoms with Gasteiger partial charge in [-0.25, -0.2) is 4.79 Å². The summed E-state index contributed by atoms with van der Waals surface area (Å²) in [4.78, 5) is 16.5. The van der Waals surface area contributed by atoms with Crippen molar-refractivity contribution in [1.82, 2.24) is 15.1 Å². The van der Waals surface area contributed by atoms with E-state index >= 15 is 0 Å². The number of benzene rings is 1. The van der Waals surface area contributed by atoms with Crippen LogP contribution in [0.25, 0.3) is 0 Å². The molecule has 0 spiro atoms. The molecule has 0 bridgehead atoms. The van der Waals surface area contributed by atoms with E-state index in [1.807, 2.05) is 11.8 Å². The molecule has 1 fully saturated rings. The van der Waals surface area contributed by atoms with Crippen LogP contribution in [0.5, 0.6) is 0 Å². The first kappa shape index (κ1) is 19.7. The molecule has 1 aromatic rings. The summed E-state index contributed by atoms with van der Waals surface area (Å²) in [6.07, 6.45) is 3.75. The van der Waals surface area contributed by atoms with E-state index in [9.17, 15) is 9.90 Å². The van der Waals surface area contributed by atoms with E-state index in [2.05, 4.69) is 41.4 Å². The number of carbonyl (C=O) groups excluding carboxylic acids is 1. The van der Waals surface area contributed by atoms with E-state index in [0.717, 1.165) is 50.9 Å². The van der Waals surface area contributed by atoms with E-state index in [4.69, 9.17) is 0 Å². The number of aliphatic hydroxyl groups is 1. The topological polar surface area (TPSA) is 55.8 Å². The van der Waals surface area contributed by atoms with Crippen LogP contribution in [0, 0.1) is 0 Å². The molecule has 2 rings (SSSR count). The lowest BCUT2D eigenvalue weighted by Crippen LogP contribution is -2.42. The Kier molecular flexibility index (Phi) is 8.22. The van der Waals surface area contributed by atoms with Crippen molar-refractivity contribution in [1.29, 1.82) is 0 Å². The molecule has 140 valence electrons. The molecule has 1 aliphatic rings. The Bertz CT molecular complexity index is 518. The zero-order valence-electron chi connectivity index (χ0n) is 15.7. The fraction of sp³-hybridized carbons (Fsp3) is 0.650. The van der Waals surface area contributed by atoms with Crippen molar-refractivity contribution in [2.75, 3.05) is 32.7 Å². The third-order valence-electron chi connectivity index (χ3n) is 4.88. The number of aryl methyl sites for hydroxylation is 1. The quantitative estimate of drug-likeness (QED) is 0.711. The summed E-state index contributed by atoms with van der Waals surface area (Å²) in [6.45, 7) is 8.92. The summed E-state index contributed by atoms with van der Waals surface area (Å²) < 4.78 is 0. The van der Waals surface area contributed by atoms with Crippen molar-refractivity contribution in [2.45, 2.75) is 52.2 Å².